The molecule has 0 heterocycles. The quantitative estimate of drug-likeness (QED) is 0.635. The first kappa shape index (κ1) is 14.8. The molecule has 0 aromatic heterocycles. The Balaban J connectivity index is 2.19. The molecule has 0 saturated carbocycles. The van der Waals surface area contributed by atoms with Gasteiger partial charge in [-0.1, -0.05) is 11.6 Å². The number of hydrogen-bond donors (Lipinski definition) is 0. The zero-order chi connectivity index (χ0) is 15.4. The van der Waals surface area contributed by atoms with Crippen LogP contribution in [0.5, 0.6) is 5.75 Å². The molecule has 0 fully saturated rings. The second-order valence-corrected chi connectivity index (χ2v) is 4.51. The first-order chi connectivity index (χ1) is 10.0. The maximum absolute atomic E-state index is 13.4. The zero-order valence-electron chi connectivity index (χ0n) is 10.5. The molecule has 2 aromatic carbocycles. The molecule has 0 saturated heterocycles. The van der Waals surface area contributed by atoms with E-state index in [0.717, 1.165) is 6.07 Å². The number of hydrogen-bond acceptors (Lipinski definition) is 4. The highest BCUT2D eigenvalue weighted by Crippen LogP contribution is 2.25. The van der Waals surface area contributed by atoms with E-state index in [9.17, 15) is 14.5 Å². The Labute approximate surface area is 124 Å². The van der Waals surface area contributed by atoms with Crippen LogP contribution in [0.25, 0.3) is 0 Å². The Kier molecular flexibility index (Phi) is 4.36. The smallest absolute Gasteiger partial charge is 0.277 e. The summed E-state index contributed by atoms with van der Waals surface area (Å²) in [6, 6.07) is 9.65. The van der Waals surface area contributed by atoms with E-state index in [1.165, 1.54) is 30.3 Å². The van der Waals surface area contributed by atoms with Crippen LogP contribution in [0, 0.1) is 27.3 Å². The van der Waals surface area contributed by atoms with Crippen LogP contribution in [0.2, 0.25) is 5.02 Å². The van der Waals surface area contributed by atoms with Crippen LogP contribution in [0.3, 0.4) is 0 Å². The van der Waals surface area contributed by atoms with Gasteiger partial charge in [-0.15, -0.1) is 0 Å². The van der Waals surface area contributed by atoms with E-state index in [2.05, 4.69) is 0 Å². The summed E-state index contributed by atoms with van der Waals surface area (Å²) in [5.41, 5.74) is 0.0469. The van der Waals surface area contributed by atoms with Crippen LogP contribution >= 0.6 is 11.6 Å². The summed E-state index contributed by atoms with van der Waals surface area (Å²) in [4.78, 5) is 10.4. The van der Waals surface area contributed by atoms with Crippen molar-refractivity contribution < 1.29 is 14.1 Å². The van der Waals surface area contributed by atoms with Gasteiger partial charge in [0.15, 0.2) is 0 Å². The van der Waals surface area contributed by atoms with E-state index >= 15 is 0 Å². The second kappa shape index (κ2) is 6.20. The van der Waals surface area contributed by atoms with Gasteiger partial charge in [0.05, 0.1) is 16.1 Å². The van der Waals surface area contributed by atoms with E-state index in [1.807, 2.05) is 0 Å². The van der Waals surface area contributed by atoms with E-state index in [1.54, 1.807) is 6.07 Å². The van der Waals surface area contributed by atoms with Crippen molar-refractivity contribution in [2.45, 2.75) is 6.61 Å². The highest BCUT2D eigenvalue weighted by Gasteiger charge is 2.15. The minimum atomic E-state index is -0.708. The van der Waals surface area contributed by atoms with Crippen molar-refractivity contribution >= 4 is 17.3 Å². The van der Waals surface area contributed by atoms with Crippen LogP contribution < -0.4 is 4.74 Å². The number of nitro groups is 1. The molecule has 7 heteroatoms. The SMILES string of the molecule is N#Cc1ccc(OCc2ccc(Cl)cc2[N+](=O)[O-])cc1F. The summed E-state index contributed by atoms with van der Waals surface area (Å²) in [7, 11) is 0. The molecule has 0 N–H and O–H groups in total. The lowest BCUT2D eigenvalue weighted by atomic mass is 10.2. The number of nitro benzene ring substituents is 1. The summed E-state index contributed by atoms with van der Waals surface area (Å²) < 4.78 is 18.7. The van der Waals surface area contributed by atoms with E-state index in [4.69, 9.17) is 21.6 Å². The highest BCUT2D eigenvalue weighted by atomic mass is 35.5. The molecule has 5 nitrogen and oxygen atoms in total. The Morgan fingerprint density at radius 2 is 2.10 bits per heavy atom. The number of rotatable bonds is 4. The summed E-state index contributed by atoms with van der Waals surface area (Å²) >= 11 is 5.71. The van der Waals surface area contributed by atoms with Crippen molar-refractivity contribution in [1.29, 1.82) is 5.26 Å². The monoisotopic (exact) mass is 306 g/mol. The first-order valence-corrected chi connectivity index (χ1v) is 6.14. The molecule has 2 rings (SSSR count). The number of ether oxygens (including phenoxy) is 1. The molecule has 21 heavy (non-hydrogen) atoms. The zero-order valence-corrected chi connectivity index (χ0v) is 11.3. The molecule has 0 aliphatic heterocycles. The fraction of sp³-hybridized carbons (Fsp3) is 0.0714. The van der Waals surface area contributed by atoms with Crippen molar-refractivity contribution in [2.24, 2.45) is 0 Å². The summed E-state index contributed by atoms with van der Waals surface area (Å²) in [6.45, 7) is -0.112. The Morgan fingerprint density at radius 3 is 2.71 bits per heavy atom. The molecule has 0 atom stereocenters. The highest BCUT2D eigenvalue weighted by molar-refractivity contribution is 6.30. The molecular formula is C14H8ClFN2O3. The lowest BCUT2D eigenvalue weighted by molar-refractivity contribution is -0.385. The van der Waals surface area contributed by atoms with Crippen molar-refractivity contribution in [1.82, 2.24) is 0 Å². The van der Waals surface area contributed by atoms with Gasteiger partial charge in [-0.05, 0) is 24.3 Å². The summed E-state index contributed by atoms with van der Waals surface area (Å²) in [6.07, 6.45) is 0. The number of nitriles is 1. The fourth-order valence-electron chi connectivity index (χ4n) is 1.67. The lowest BCUT2D eigenvalue weighted by Crippen LogP contribution is -2.01. The Hall–Kier alpha value is -2.65. The number of nitrogens with zero attached hydrogens (tertiary/aromatic N) is 2. The molecular weight excluding hydrogens is 299 g/mol. The van der Waals surface area contributed by atoms with Crippen molar-refractivity contribution in [3.63, 3.8) is 0 Å². The molecule has 0 spiro atoms. The Bertz CT molecular complexity index is 743. The van der Waals surface area contributed by atoms with Crippen molar-refractivity contribution in [3.8, 4) is 11.8 Å². The maximum atomic E-state index is 13.4. The van der Waals surface area contributed by atoms with E-state index in [0.29, 0.717) is 5.56 Å². The lowest BCUT2D eigenvalue weighted by Gasteiger charge is -2.07. The minimum Gasteiger partial charge on any atom is -0.489 e. The molecule has 0 aliphatic rings. The average molecular weight is 307 g/mol. The maximum Gasteiger partial charge on any atom is 0.277 e. The Morgan fingerprint density at radius 1 is 1.33 bits per heavy atom. The predicted molar refractivity (Wildman–Crippen MR) is 73.6 cm³/mol. The second-order valence-electron chi connectivity index (χ2n) is 4.07. The largest absolute Gasteiger partial charge is 0.489 e. The molecule has 2 aromatic rings. The predicted octanol–water partition coefficient (Wildman–Crippen LogP) is 3.84. The third-order valence-electron chi connectivity index (χ3n) is 2.70. The number of halogens is 2. The van der Waals surface area contributed by atoms with Gasteiger partial charge in [0, 0.05) is 17.2 Å². The normalized spacial score (nSPS) is 9.95. The van der Waals surface area contributed by atoms with Gasteiger partial charge >= 0.3 is 0 Å². The molecule has 0 bridgehead atoms. The van der Waals surface area contributed by atoms with E-state index in [-0.39, 0.29) is 28.6 Å². The standard InChI is InChI=1S/C14H8ClFN2O3/c15-11-3-1-10(14(5-11)18(19)20)8-21-12-4-2-9(7-17)13(16)6-12/h1-6H,8H2. The third kappa shape index (κ3) is 3.46. The van der Waals surface area contributed by atoms with Gasteiger partial charge in [0.1, 0.15) is 24.2 Å². The van der Waals surface area contributed by atoms with Gasteiger partial charge in [-0.3, -0.25) is 10.1 Å². The van der Waals surface area contributed by atoms with E-state index < -0.39 is 10.7 Å². The van der Waals surface area contributed by atoms with Gasteiger partial charge in [0.25, 0.3) is 5.69 Å². The summed E-state index contributed by atoms with van der Waals surface area (Å²) in [5.74, 6) is -0.531. The van der Waals surface area contributed by atoms with Crippen molar-refractivity contribution in [2.75, 3.05) is 0 Å². The third-order valence-corrected chi connectivity index (χ3v) is 2.93. The van der Waals surface area contributed by atoms with Gasteiger partial charge in [-0.25, -0.2) is 4.39 Å². The molecule has 0 radical (unpaired) electrons. The topological polar surface area (TPSA) is 76.2 Å². The van der Waals surface area contributed by atoms with Crippen LogP contribution in [-0.2, 0) is 6.61 Å². The minimum absolute atomic E-state index is 0.0974. The molecule has 0 amide bonds. The molecule has 0 aliphatic carbocycles. The molecule has 106 valence electrons. The average Bonchev–Trinajstić information content (AvgIpc) is 2.46. The van der Waals surface area contributed by atoms with Crippen LogP contribution in [0.15, 0.2) is 36.4 Å². The van der Waals surface area contributed by atoms with Crippen LogP contribution in [0.4, 0.5) is 10.1 Å². The van der Waals surface area contributed by atoms with Gasteiger partial charge in [0.2, 0.25) is 0 Å². The first-order valence-electron chi connectivity index (χ1n) is 5.76. The fourth-order valence-corrected chi connectivity index (χ4v) is 1.83. The number of benzene rings is 2. The van der Waals surface area contributed by atoms with Crippen LogP contribution in [-0.4, -0.2) is 4.92 Å². The molecule has 0 unspecified atom stereocenters. The summed E-state index contributed by atoms with van der Waals surface area (Å²) in [5, 5.41) is 19.8. The van der Waals surface area contributed by atoms with Crippen LogP contribution in [0.1, 0.15) is 11.1 Å². The van der Waals surface area contributed by atoms with Crippen molar-refractivity contribution in [3.05, 3.63) is 68.5 Å². The van der Waals surface area contributed by atoms with Gasteiger partial charge in [-0.2, -0.15) is 5.26 Å². The van der Waals surface area contributed by atoms with Gasteiger partial charge < -0.3 is 4.74 Å².